The highest BCUT2D eigenvalue weighted by Crippen LogP contribution is 2.31. The maximum absolute atomic E-state index is 13.8. The Morgan fingerprint density at radius 3 is 1.43 bits per heavy atom. The minimum Gasteiger partial charge on any atom is -0.347 e. The lowest BCUT2D eigenvalue weighted by molar-refractivity contribution is -0.144. The predicted octanol–water partition coefficient (Wildman–Crippen LogP) is -6.37. The van der Waals surface area contributed by atoms with Gasteiger partial charge in [-0.2, -0.15) is 0 Å². The molecule has 24 nitrogen and oxygen atoms in total. The molecule has 1 spiro atoms. The van der Waals surface area contributed by atoms with Crippen molar-refractivity contribution in [2.24, 2.45) is 0 Å². The first-order valence-corrected chi connectivity index (χ1v) is 20.5. The lowest BCUT2D eigenvalue weighted by Gasteiger charge is -2.37. The van der Waals surface area contributed by atoms with Gasteiger partial charge in [0, 0.05) is 19.6 Å². The van der Waals surface area contributed by atoms with E-state index in [4.69, 9.17) is 0 Å². The topological polar surface area (TPSA) is 332 Å². The number of nitrogens with one attached hydrogen (secondary N) is 10. The summed E-state index contributed by atoms with van der Waals surface area (Å²) < 4.78 is 0. The molecule has 1 aliphatic carbocycles. The Morgan fingerprint density at radius 1 is 0.475 bits per heavy atom. The lowest BCUT2D eigenvalue weighted by atomic mass is 9.93. The molecule has 4 fully saturated rings. The summed E-state index contributed by atoms with van der Waals surface area (Å²) in [5, 5.41) is 23.9. The summed E-state index contributed by atoms with van der Waals surface area (Å²) >= 11 is 0. The first-order valence-electron chi connectivity index (χ1n) is 20.5. The Morgan fingerprint density at radius 2 is 0.918 bits per heavy atom. The molecule has 0 aromatic rings. The Bertz CT molecular complexity index is 1710. The van der Waals surface area contributed by atoms with Crippen LogP contribution in [0.4, 0.5) is 0 Å². The van der Waals surface area contributed by atoms with Crippen molar-refractivity contribution in [3.05, 3.63) is 0 Å². The number of carbonyl (C=O) groups excluding carboxylic acids is 12. The van der Waals surface area contributed by atoms with Crippen LogP contribution in [0.15, 0.2) is 0 Å². The average molecular weight is 861 g/mol. The SMILES string of the molecule is O=C1CNC(=O)CNC(=O)CNC(=O)CC(C(=O)N2CCCCC2)NC(=O)CNC(=O)C2(CCCC2)NC(=O)C2CCCCN2C(=O)CNC(=O)CNC(=O)CNC(=O)CN1. The van der Waals surface area contributed by atoms with Gasteiger partial charge in [0.1, 0.15) is 17.6 Å². The minimum atomic E-state index is -1.40. The molecule has 0 bridgehead atoms. The van der Waals surface area contributed by atoms with E-state index < -0.39 is 147 Å². The van der Waals surface area contributed by atoms with Gasteiger partial charge in [-0.25, -0.2) is 0 Å². The number of piperidine rings is 2. The second kappa shape index (κ2) is 23.4. The maximum Gasteiger partial charge on any atom is 0.246 e. The highest BCUT2D eigenvalue weighted by molar-refractivity contribution is 5.98. The van der Waals surface area contributed by atoms with Crippen LogP contribution < -0.4 is 53.2 Å². The van der Waals surface area contributed by atoms with Crippen molar-refractivity contribution in [1.29, 1.82) is 0 Å². The molecule has 336 valence electrons. The Labute approximate surface area is 351 Å². The fourth-order valence-electron chi connectivity index (χ4n) is 7.30. The molecule has 3 saturated heterocycles. The molecule has 10 N–H and O–H groups in total. The number of likely N-dealkylation sites (tertiary alicyclic amines) is 1. The van der Waals surface area contributed by atoms with Crippen LogP contribution in [-0.4, -0.2) is 170 Å². The molecule has 24 heteroatoms. The molecule has 3 aliphatic heterocycles. The predicted molar refractivity (Wildman–Crippen MR) is 210 cm³/mol. The number of fused-ring (bicyclic) bond motifs is 1. The van der Waals surface area contributed by atoms with E-state index in [1.165, 1.54) is 9.80 Å². The van der Waals surface area contributed by atoms with Gasteiger partial charge < -0.3 is 63.0 Å². The van der Waals surface area contributed by atoms with Crippen LogP contribution in [0.3, 0.4) is 0 Å². The summed E-state index contributed by atoms with van der Waals surface area (Å²) in [7, 11) is 0. The molecule has 2 unspecified atom stereocenters. The number of nitrogens with zero attached hydrogens (tertiary/aromatic N) is 2. The quantitative estimate of drug-likeness (QED) is 0.118. The van der Waals surface area contributed by atoms with Crippen LogP contribution in [0.5, 0.6) is 0 Å². The standard InChI is InChI=1S/C37H56N12O12/c50-25-14-23(35(60)48-11-5-1-6-12-48)46-32(57)21-45-36(61)37(9-3-4-10-37)47-34(59)24-8-2-7-13-49(24)33(58)22-44-31(56)20-43-30(55)19-42-29(54)18-41-28(53)17-40-27(52)16-39-26(51)15-38-25/h23-24H,1-22H2,(H,38,50)(H,39,51)(H,40,52)(H,41,53)(H,42,54)(H,43,55)(H,44,56)(H,45,61)(H,46,57)(H,47,59). The van der Waals surface area contributed by atoms with Crippen molar-refractivity contribution in [3.63, 3.8) is 0 Å². The zero-order valence-electron chi connectivity index (χ0n) is 34.0. The molecule has 4 aliphatic rings. The summed E-state index contributed by atoms with van der Waals surface area (Å²) in [6, 6.07) is -2.31. The highest BCUT2D eigenvalue weighted by Gasteiger charge is 2.45. The fourth-order valence-corrected chi connectivity index (χ4v) is 7.30. The van der Waals surface area contributed by atoms with Crippen LogP contribution in [0.1, 0.15) is 70.6 Å². The van der Waals surface area contributed by atoms with Crippen molar-refractivity contribution >= 4 is 70.9 Å². The third-order valence-corrected chi connectivity index (χ3v) is 10.6. The molecule has 2 atom stereocenters. The lowest BCUT2D eigenvalue weighted by Crippen LogP contribution is -2.63. The smallest absolute Gasteiger partial charge is 0.246 e. The molecule has 12 amide bonds. The van der Waals surface area contributed by atoms with E-state index in [0.717, 1.165) is 19.3 Å². The van der Waals surface area contributed by atoms with E-state index in [1.54, 1.807) is 0 Å². The number of hydrogen-bond donors (Lipinski definition) is 10. The van der Waals surface area contributed by atoms with Crippen LogP contribution >= 0.6 is 0 Å². The van der Waals surface area contributed by atoms with Crippen molar-refractivity contribution in [3.8, 4) is 0 Å². The van der Waals surface area contributed by atoms with E-state index in [2.05, 4.69) is 53.2 Å². The molecule has 3 heterocycles. The fraction of sp³-hybridized carbons (Fsp3) is 0.676. The van der Waals surface area contributed by atoms with Crippen LogP contribution in [-0.2, 0) is 57.5 Å². The van der Waals surface area contributed by atoms with Crippen molar-refractivity contribution < 1.29 is 57.5 Å². The van der Waals surface area contributed by atoms with Gasteiger partial charge in [-0.05, 0) is 51.4 Å². The van der Waals surface area contributed by atoms with Gasteiger partial charge in [-0.1, -0.05) is 12.8 Å². The third-order valence-electron chi connectivity index (χ3n) is 10.6. The first-order chi connectivity index (χ1) is 29.2. The number of hydrogen-bond acceptors (Lipinski definition) is 12. The second-order valence-electron chi connectivity index (χ2n) is 15.2. The highest BCUT2D eigenvalue weighted by atomic mass is 16.2. The van der Waals surface area contributed by atoms with Crippen LogP contribution in [0.25, 0.3) is 0 Å². The van der Waals surface area contributed by atoms with Crippen molar-refractivity contribution in [1.82, 2.24) is 63.0 Å². The van der Waals surface area contributed by atoms with Gasteiger partial charge in [0.15, 0.2) is 0 Å². The third kappa shape index (κ3) is 15.3. The summed E-state index contributed by atoms with van der Waals surface area (Å²) in [4.78, 5) is 157. The number of carbonyl (C=O) groups is 12. The monoisotopic (exact) mass is 860 g/mol. The number of amides is 12. The Kier molecular flexibility index (Phi) is 18.2. The Balaban J connectivity index is 1.45. The second-order valence-corrected chi connectivity index (χ2v) is 15.2. The van der Waals surface area contributed by atoms with E-state index >= 15 is 0 Å². The molecular formula is C37H56N12O12. The van der Waals surface area contributed by atoms with E-state index in [-0.39, 0.29) is 19.4 Å². The van der Waals surface area contributed by atoms with E-state index in [0.29, 0.717) is 45.2 Å². The maximum atomic E-state index is 13.8. The van der Waals surface area contributed by atoms with E-state index in [1.807, 2.05) is 0 Å². The van der Waals surface area contributed by atoms with Gasteiger partial charge in [-0.3, -0.25) is 57.5 Å². The average Bonchev–Trinajstić information content (AvgIpc) is 3.74. The first kappa shape index (κ1) is 47.3. The minimum absolute atomic E-state index is 0.209. The number of rotatable bonds is 1. The molecule has 0 aromatic heterocycles. The normalized spacial score (nSPS) is 24.8. The van der Waals surface area contributed by atoms with Crippen molar-refractivity contribution in [2.45, 2.75) is 88.3 Å². The largest absolute Gasteiger partial charge is 0.347 e. The van der Waals surface area contributed by atoms with Crippen LogP contribution in [0.2, 0.25) is 0 Å². The zero-order chi connectivity index (χ0) is 44.4. The molecule has 0 aromatic carbocycles. The van der Waals surface area contributed by atoms with Gasteiger partial charge in [0.2, 0.25) is 70.9 Å². The van der Waals surface area contributed by atoms with Gasteiger partial charge in [0.05, 0.1) is 58.8 Å². The zero-order valence-corrected chi connectivity index (χ0v) is 34.0. The summed E-state index contributed by atoms with van der Waals surface area (Å²) in [5.74, 6) is -8.47. The van der Waals surface area contributed by atoms with Gasteiger partial charge in [0.25, 0.3) is 0 Å². The molecule has 61 heavy (non-hydrogen) atoms. The molecule has 1 saturated carbocycles. The van der Waals surface area contributed by atoms with Crippen molar-refractivity contribution in [2.75, 3.05) is 72.0 Å². The van der Waals surface area contributed by atoms with Gasteiger partial charge in [-0.15, -0.1) is 0 Å². The van der Waals surface area contributed by atoms with Crippen LogP contribution in [0, 0.1) is 0 Å². The Hall–Kier alpha value is -6.36. The molecular weight excluding hydrogens is 804 g/mol. The summed E-state index contributed by atoms with van der Waals surface area (Å²) in [6.45, 7) is -3.45. The summed E-state index contributed by atoms with van der Waals surface area (Å²) in [5.41, 5.74) is -1.40. The van der Waals surface area contributed by atoms with Gasteiger partial charge >= 0.3 is 0 Å². The summed E-state index contributed by atoms with van der Waals surface area (Å²) in [6.07, 6.45) is 4.98. The molecule has 0 radical (unpaired) electrons. The molecule has 4 rings (SSSR count). The van der Waals surface area contributed by atoms with E-state index in [9.17, 15) is 57.5 Å².